The second kappa shape index (κ2) is 5.75. The van der Waals surface area contributed by atoms with Crippen LogP contribution < -0.4 is 0 Å². The molecule has 4 heteroatoms. The van der Waals surface area contributed by atoms with E-state index in [0.717, 1.165) is 11.4 Å². The summed E-state index contributed by atoms with van der Waals surface area (Å²) in [6, 6.07) is 0. The maximum absolute atomic E-state index is 11.5. The number of aromatic nitrogens is 2. The van der Waals surface area contributed by atoms with Crippen LogP contribution >= 0.6 is 11.8 Å². The highest BCUT2D eigenvalue weighted by Gasteiger charge is 2.10. The molecule has 14 heavy (non-hydrogen) atoms. The maximum Gasteiger partial charge on any atom is 0.145 e. The number of hydrogen-bond acceptors (Lipinski definition) is 4. The van der Waals surface area contributed by atoms with Crippen molar-refractivity contribution in [2.75, 3.05) is 5.75 Å². The Labute approximate surface area is 88.3 Å². The fraction of sp³-hybridized carbons (Fsp3) is 0.500. The molecule has 1 aromatic rings. The van der Waals surface area contributed by atoms with Crippen molar-refractivity contribution in [3.8, 4) is 0 Å². The summed E-state index contributed by atoms with van der Waals surface area (Å²) in [6.07, 6.45) is 5.84. The third-order valence-electron chi connectivity index (χ3n) is 2.06. The van der Waals surface area contributed by atoms with Gasteiger partial charge in [0.25, 0.3) is 0 Å². The molecule has 0 saturated carbocycles. The molecule has 1 rings (SSSR count). The van der Waals surface area contributed by atoms with E-state index in [0.29, 0.717) is 5.75 Å². The van der Waals surface area contributed by atoms with Crippen LogP contribution in [0, 0.1) is 5.92 Å². The smallest absolute Gasteiger partial charge is 0.145 e. The Hall–Kier alpha value is -0.900. The van der Waals surface area contributed by atoms with Crippen LogP contribution in [0.3, 0.4) is 0 Å². The third-order valence-corrected chi connectivity index (χ3v) is 3.00. The number of rotatable bonds is 5. The van der Waals surface area contributed by atoms with E-state index in [1.807, 2.05) is 13.8 Å². The van der Waals surface area contributed by atoms with Gasteiger partial charge in [-0.05, 0) is 6.42 Å². The van der Waals surface area contributed by atoms with Crippen LogP contribution in [0.25, 0.3) is 0 Å². The van der Waals surface area contributed by atoms with Crippen LogP contribution in [-0.2, 0) is 4.79 Å². The fourth-order valence-corrected chi connectivity index (χ4v) is 1.72. The highest BCUT2D eigenvalue weighted by molar-refractivity contribution is 7.99. The summed E-state index contributed by atoms with van der Waals surface area (Å²) in [5.74, 6) is 0.926. The van der Waals surface area contributed by atoms with Gasteiger partial charge in [0.1, 0.15) is 10.8 Å². The fourth-order valence-electron chi connectivity index (χ4n) is 0.875. The second-order valence-corrected chi connectivity index (χ2v) is 4.10. The molecular weight excluding hydrogens is 196 g/mol. The first kappa shape index (κ1) is 11.2. The van der Waals surface area contributed by atoms with Crippen LogP contribution in [-0.4, -0.2) is 21.5 Å². The van der Waals surface area contributed by atoms with Gasteiger partial charge in [0, 0.05) is 18.3 Å². The molecule has 1 unspecified atom stereocenters. The first-order valence-electron chi connectivity index (χ1n) is 4.65. The first-order chi connectivity index (χ1) is 6.74. The van der Waals surface area contributed by atoms with E-state index < -0.39 is 0 Å². The summed E-state index contributed by atoms with van der Waals surface area (Å²) in [5.41, 5.74) is 0. The molecule has 0 fully saturated rings. The molecule has 1 aromatic heterocycles. The van der Waals surface area contributed by atoms with E-state index in [4.69, 9.17) is 0 Å². The average Bonchev–Trinajstić information content (AvgIpc) is 2.26. The lowest BCUT2D eigenvalue weighted by Crippen LogP contribution is -2.12. The summed E-state index contributed by atoms with van der Waals surface area (Å²) >= 11 is 1.45. The normalized spacial score (nSPS) is 12.4. The van der Waals surface area contributed by atoms with Crippen molar-refractivity contribution in [3.63, 3.8) is 0 Å². The molecule has 76 valence electrons. The van der Waals surface area contributed by atoms with Gasteiger partial charge < -0.3 is 0 Å². The zero-order valence-corrected chi connectivity index (χ0v) is 9.25. The third kappa shape index (κ3) is 3.46. The Kier molecular flexibility index (Phi) is 4.59. The van der Waals surface area contributed by atoms with Crippen LogP contribution in [0.15, 0.2) is 23.6 Å². The Morgan fingerprint density at radius 2 is 2.36 bits per heavy atom. The highest BCUT2D eigenvalue weighted by Crippen LogP contribution is 2.15. The van der Waals surface area contributed by atoms with Crippen molar-refractivity contribution in [1.82, 2.24) is 9.97 Å². The van der Waals surface area contributed by atoms with E-state index >= 15 is 0 Å². The summed E-state index contributed by atoms with van der Waals surface area (Å²) in [6.45, 7) is 3.98. The number of hydrogen-bond donors (Lipinski definition) is 0. The van der Waals surface area contributed by atoms with Gasteiger partial charge in [-0.2, -0.15) is 0 Å². The van der Waals surface area contributed by atoms with Crippen molar-refractivity contribution < 1.29 is 4.79 Å². The Morgan fingerprint density at radius 3 is 2.93 bits per heavy atom. The van der Waals surface area contributed by atoms with Crippen molar-refractivity contribution in [2.45, 2.75) is 25.3 Å². The molecule has 0 saturated heterocycles. The summed E-state index contributed by atoms with van der Waals surface area (Å²) < 4.78 is 0. The lowest BCUT2D eigenvalue weighted by molar-refractivity contribution is -0.119. The zero-order chi connectivity index (χ0) is 10.4. The van der Waals surface area contributed by atoms with Crippen LogP contribution in [0.1, 0.15) is 20.3 Å². The number of carbonyl (C=O) groups excluding carboxylic acids is 1. The van der Waals surface area contributed by atoms with Crippen LogP contribution in [0.5, 0.6) is 0 Å². The van der Waals surface area contributed by atoms with Crippen molar-refractivity contribution in [3.05, 3.63) is 18.6 Å². The SMILES string of the molecule is CCC(C)C(=O)CSc1cnccn1. The predicted octanol–water partition coefficient (Wildman–Crippen LogP) is 2.18. The van der Waals surface area contributed by atoms with Gasteiger partial charge in [0.15, 0.2) is 0 Å². The van der Waals surface area contributed by atoms with Crippen molar-refractivity contribution >= 4 is 17.5 Å². The molecule has 0 aliphatic heterocycles. The van der Waals surface area contributed by atoms with E-state index in [2.05, 4.69) is 9.97 Å². The van der Waals surface area contributed by atoms with Gasteiger partial charge in [-0.1, -0.05) is 25.6 Å². The van der Waals surface area contributed by atoms with Gasteiger partial charge >= 0.3 is 0 Å². The average molecular weight is 210 g/mol. The zero-order valence-electron chi connectivity index (χ0n) is 8.43. The minimum absolute atomic E-state index is 0.152. The number of thioether (sulfide) groups is 1. The molecule has 1 heterocycles. The lowest BCUT2D eigenvalue weighted by atomic mass is 10.1. The predicted molar refractivity (Wildman–Crippen MR) is 57.2 cm³/mol. The lowest BCUT2D eigenvalue weighted by Gasteiger charge is -2.05. The molecule has 0 aliphatic carbocycles. The maximum atomic E-state index is 11.5. The highest BCUT2D eigenvalue weighted by atomic mass is 32.2. The summed E-state index contributed by atoms with van der Waals surface area (Å²) in [4.78, 5) is 19.5. The van der Waals surface area contributed by atoms with Crippen molar-refractivity contribution in [1.29, 1.82) is 0 Å². The standard InChI is InChI=1S/C10H14N2OS/c1-3-8(2)9(13)7-14-10-6-11-4-5-12-10/h4-6,8H,3,7H2,1-2H3. The quantitative estimate of drug-likeness (QED) is 0.699. The van der Waals surface area contributed by atoms with E-state index in [1.165, 1.54) is 11.8 Å². The molecule has 0 aliphatic rings. The first-order valence-corrected chi connectivity index (χ1v) is 5.64. The number of carbonyl (C=O) groups is 1. The molecule has 0 N–H and O–H groups in total. The van der Waals surface area contributed by atoms with E-state index in [1.54, 1.807) is 18.6 Å². The van der Waals surface area contributed by atoms with Crippen molar-refractivity contribution in [2.24, 2.45) is 5.92 Å². The molecule has 0 radical (unpaired) electrons. The molecular formula is C10H14N2OS. The number of Topliss-reactive ketones (excluding diaryl/α,β-unsaturated/α-hetero) is 1. The minimum atomic E-state index is 0.152. The van der Waals surface area contributed by atoms with Gasteiger partial charge in [0.2, 0.25) is 0 Å². The number of ketones is 1. The summed E-state index contributed by atoms with van der Waals surface area (Å²) in [5, 5.41) is 0.809. The monoisotopic (exact) mass is 210 g/mol. The topological polar surface area (TPSA) is 42.9 Å². The molecule has 1 atom stereocenters. The van der Waals surface area contributed by atoms with E-state index in [9.17, 15) is 4.79 Å². The molecule has 0 spiro atoms. The van der Waals surface area contributed by atoms with Gasteiger partial charge in [-0.25, -0.2) is 4.98 Å². The largest absolute Gasteiger partial charge is 0.298 e. The van der Waals surface area contributed by atoms with Gasteiger partial charge in [0.05, 0.1) is 11.9 Å². The van der Waals surface area contributed by atoms with Gasteiger partial charge in [-0.15, -0.1) is 0 Å². The molecule has 3 nitrogen and oxygen atoms in total. The van der Waals surface area contributed by atoms with Gasteiger partial charge in [-0.3, -0.25) is 9.78 Å². The Bertz CT molecular complexity index is 289. The summed E-state index contributed by atoms with van der Waals surface area (Å²) in [7, 11) is 0. The molecule has 0 amide bonds. The Balaban J connectivity index is 2.38. The number of nitrogens with zero attached hydrogens (tertiary/aromatic N) is 2. The van der Waals surface area contributed by atoms with E-state index in [-0.39, 0.29) is 11.7 Å². The Morgan fingerprint density at radius 1 is 1.57 bits per heavy atom. The van der Waals surface area contributed by atoms with Crippen LogP contribution in [0.2, 0.25) is 0 Å². The minimum Gasteiger partial charge on any atom is -0.298 e. The molecule has 0 bridgehead atoms. The second-order valence-electron chi connectivity index (χ2n) is 3.11. The molecule has 0 aromatic carbocycles. The van der Waals surface area contributed by atoms with Crippen LogP contribution in [0.4, 0.5) is 0 Å².